The minimum atomic E-state index is -1.63. The molecular formula is C14H13N3O7S. The number of esters is 1. The minimum Gasteiger partial charge on any atom is -0.459 e. The molecule has 0 aromatic heterocycles. The van der Waals surface area contributed by atoms with Crippen molar-refractivity contribution in [3.05, 3.63) is 39.9 Å². The van der Waals surface area contributed by atoms with E-state index in [4.69, 9.17) is 10.5 Å². The maximum Gasteiger partial charge on any atom is 0.337 e. The van der Waals surface area contributed by atoms with Crippen LogP contribution in [0.5, 0.6) is 0 Å². The van der Waals surface area contributed by atoms with E-state index in [-0.39, 0.29) is 18.0 Å². The smallest absolute Gasteiger partial charge is 0.337 e. The van der Waals surface area contributed by atoms with Gasteiger partial charge in [-0.1, -0.05) is 0 Å². The highest BCUT2D eigenvalue weighted by atomic mass is 32.2. The number of carbonyl (C=O) groups excluding carboxylic acids is 3. The van der Waals surface area contributed by atoms with E-state index in [1.165, 1.54) is 24.3 Å². The largest absolute Gasteiger partial charge is 0.459 e. The molecule has 0 bridgehead atoms. The van der Waals surface area contributed by atoms with E-state index in [1.54, 1.807) is 0 Å². The Morgan fingerprint density at radius 1 is 1.36 bits per heavy atom. The maximum absolute atomic E-state index is 12.2. The van der Waals surface area contributed by atoms with Gasteiger partial charge in [0, 0.05) is 12.1 Å². The van der Waals surface area contributed by atoms with E-state index in [0.29, 0.717) is 5.56 Å². The van der Waals surface area contributed by atoms with Gasteiger partial charge in [0.05, 0.1) is 21.5 Å². The molecule has 10 nitrogen and oxygen atoms in total. The fourth-order valence-corrected chi connectivity index (χ4v) is 4.26. The topological polar surface area (TPSA) is 150 Å². The number of fused-ring (bicyclic) bond motifs is 1. The number of ether oxygens (including phenoxy) is 1. The van der Waals surface area contributed by atoms with Crippen LogP contribution in [0.2, 0.25) is 0 Å². The molecule has 0 radical (unpaired) electrons. The lowest BCUT2D eigenvalue weighted by molar-refractivity contribution is -0.384. The molecule has 0 spiro atoms. The first-order valence-electron chi connectivity index (χ1n) is 7.19. The number of hydrogen-bond acceptors (Lipinski definition) is 8. The number of ketones is 1. The Labute approximate surface area is 143 Å². The molecule has 3 unspecified atom stereocenters. The van der Waals surface area contributed by atoms with Crippen LogP contribution in [0.15, 0.2) is 24.3 Å². The normalized spacial score (nSPS) is 28.1. The number of nitro groups is 1. The van der Waals surface area contributed by atoms with Crippen molar-refractivity contribution in [2.24, 2.45) is 5.73 Å². The fraction of sp³-hybridized carbons (Fsp3) is 0.357. The van der Waals surface area contributed by atoms with Gasteiger partial charge in [0.1, 0.15) is 18.0 Å². The van der Waals surface area contributed by atoms with E-state index in [2.05, 4.69) is 0 Å². The molecule has 1 aromatic rings. The van der Waals surface area contributed by atoms with Gasteiger partial charge in [-0.3, -0.25) is 23.9 Å². The fourth-order valence-electron chi connectivity index (χ4n) is 2.73. The molecule has 11 heteroatoms. The SMILES string of the molecule is NC1C(=O)N2C(C(=O)OCc3ccc([N+](=O)[O-])cc3)C(=O)CS(=O)[C@@H]12. The highest BCUT2D eigenvalue weighted by Crippen LogP contribution is 2.30. The number of amides is 1. The summed E-state index contributed by atoms with van der Waals surface area (Å²) in [7, 11) is -1.63. The third-order valence-corrected chi connectivity index (χ3v) is 5.64. The second-order valence-corrected chi connectivity index (χ2v) is 7.12. The van der Waals surface area contributed by atoms with Crippen molar-refractivity contribution < 1.29 is 28.3 Å². The van der Waals surface area contributed by atoms with E-state index >= 15 is 0 Å². The predicted molar refractivity (Wildman–Crippen MR) is 83.3 cm³/mol. The molecule has 25 heavy (non-hydrogen) atoms. The van der Waals surface area contributed by atoms with Crippen LogP contribution >= 0.6 is 0 Å². The molecule has 132 valence electrons. The summed E-state index contributed by atoms with van der Waals surface area (Å²) in [5.74, 6) is -2.59. The van der Waals surface area contributed by atoms with Crippen molar-refractivity contribution in [1.82, 2.24) is 4.90 Å². The molecule has 3 rings (SSSR count). The molecule has 2 aliphatic heterocycles. The highest BCUT2D eigenvalue weighted by Gasteiger charge is 2.59. The molecule has 2 N–H and O–H groups in total. The van der Waals surface area contributed by atoms with Crippen LogP contribution in [0.3, 0.4) is 0 Å². The number of carbonyl (C=O) groups is 3. The zero-order chi connectivity index (χ0) is 18.3. The van der Waals surface area contributed by atoms with Crippen molar-refractivity contribution in [2.75, 3.05) is 5.75 Å². The summed E-state index contributed by atoms with van der Waals surface area (Å²) in [6.07, 6.45) is 0. The van der Waals surface area contributed by atoms with Crippen molar-refractivity contribution in [3.8, 4) is 0 Å². The molecule has 4 atom stereocenters. The average molecular weight is 367 g/mol. The Bertz CT molecular complexity index is 794. The molecule has 0 aliphatic carbocycles. The van der Waals surface area contributed by atoms with Gasteiger partial charge in [-0.25, -0.2) is 4.79 Å². The predicted octanol–water partition coefficient (Wildman–Crippen LogP) is -1.17. The van der Waals surface area contributed by atoms with Crippen LogP contribution in [-0.4, -0.2) is 54.9 Å². The van der Waals surface area contributed by atoms with E-state index in [1.807, 2.05) is 0 Å². The molecule has 2 aliphatic rings. The Balaban J connectivity index is 1.68. The lowest BCUT2D eigenvalue weighted by atomic mass is 10.0. The van der Waals surface area contributed by atoms with Crippen LogP contribution in [0.25, 0.3) is 0 Å². The van der Waals surface area contributed by atoms with Crippen LogP contribution in [0.4, 0.5) is 5.69 Å². The summed E-state index contributed by atoms with van der Waals surface area (Å²) >= 11 is 0. The van der Waals surface area contributed by atoms with Gasteiger partial charge in [0.2, 0.25) is 5.91 Å². The van der Waals surface area contributed by atoms with Crippen LogP contribution in [-0.2, 0) is 36.5 Å². The summed E-state index contributed by atoms with van der Waals surface area (Å²) < 4.78 is 16.9. The first-order chi connectivity index (χ1) is 11.8. The number of benzene rings is 1. The Morgan fingerprint density at radius 3 is 2.60 bits per heavy atom. The number of nitrogens with zero attached hydrogens (tertiary/aromatic N) is 2. The monoisotopic (exact) mass is 367 g/mol. The van der Waals surface area contributed by atoms with Gasteiger partial charge >= 0.3 is 5.97 Å². The van der Waals surface area contributed by atoms with E-state index in [9.17, 15) is 28.7 Å². The Hall–Kier alpha value is -2.66. The van der Waals surface area contributed by atoms with Crippen molar-refractivity contribution >= 4 is 34.1 Å². The number of β-lactam (4-membered cyclic amide) rings is 1. The van der Waals surface area contributed by atoms with Crippen molar-refractivity contribution in [2.45, 2.75) is 24.1 Å². The molecule has 1 aromatic carbocycles. The lowest BCUT2D eigenvalue weighted by Crippen LogP contribution is -2.78. The van der Waals surface area contributed by atoms with Crippen LogP contribution < -0.4 is 5.73 Å². The van der Waals surface area contributed by atoms with Gasteiger partial charge < -0.3 is 15.4 Å². The van der Waals surface area contributed by atoms with Crippen LogP contribution in [0, 0.1) is 10.1 Å². The number of non-ortho nitro benzene ring substituents is 1. The minimum absolute atomic E-state index is 0.108. The molecule has 1 amide bonds. The lowest BCUT2D eigenvalue weighted by Gasteiger charge is -2.49. The van der Waals surface area contributed by atoms with Crippen molar-refractivity contribution in [1.29, 1.82) is 0 Å². The van der Waals surface area contributed by atoms with Crippen LogP contribution in [0.1, 0.15) is 5.56 Å². The quantitative estimate of drug-likeness (QED) is 0.230. The van der Waals surface area contributed by atoms with Gasteiger partial charge in [-0.05, 0) is 17.7 Å². The zero-order valence-corrected chi connectivity index (χ0v) is 13.5. The summed E-state index contributed by atoms with van der Waals surface area (Å²) in [6, 6.07) is 2.90. The molecule has 0 saturated carbocycles. The summed E-state index contributed by atoms with van der Waals surface area (Å²) in [5, 5.41) is 9.73. The van der Waals surface area contributed by atoms with E-state index < -0.39 is 50.8 Å². The zero-order valence-electron chi connectivity index (χ0n) is 12.7. The molecule has 2 fully saturated rings. The molecule has 2 saturated heterocycles. The Kier molecular flexibility index (Phi) is 4.35. The number of nitrogens with two attached hydrogens (primary N) is 1. The first-order valence-corrected chi connectivity index (χ1v) is 8.57. The number of Topliss-reactive ketones (excluding diaryl/α,β-unsaturated/α-hetero) is 1. The number of rotatable bonds is 4. The average Bonchev–Trinajstić information content (AvgIpc) is 2.58. The van der Waals surface area contributed by atoms with Gasteiger partial charge in [0.25, 0.3) is 5.69 Å². The summed E-state index contributed by atoms with van der Waals surface area (Å²) in [6.45, 7) is -0.220. The standard InChI is InChI=1S/C14H13N3O7S/c15-10-12(19)16-11(9(18)6-25(23)13(10)16)14(20)24-5-7-1-3-8(4-2-7)17(21)22/h1-4,10-11,13H,5-6,15H2/t10?,11?,13-,25?/m0/s1. The third kappa shape index (κ3) is 2.91. The summed E-state index contributed by atoms with van der Waals surface area (Å²) in [5.41, 5.74) is 5.95. The van der Waals surface area contributed by atoms with Gasteiger partial charge in [0.15, 0.2) is 11.8 Å². The van der Waals surface area contributed by atoms with Gasteiger partial charge in [-0.2, -0.15) is 0 Å². The first kappa shape index (κ1) is 17.2. The second kappa shape index (κ2) is 6.33. The number of hydrogen-bond donors (Lipinski definition) is 1. The maximum atomic E-state index is 12.2. The Morgan fingerprint density at radius 2 is 2.00 bits per heavy atom. The van der Waals surface area contributed by atoms with E-state index in [0.717, 1.165) is 4.90 Å². The molecule has 2 heterocycles. The van der Waals surface area contributed by atoms with Gasteiger partial charge in [-0.15, -0.1) is 0 Å². The number of nitro benzene ring substituents is 1. The highest BCUT2D eigenvalue weighted by molar-refractivity contribution is 7.86. The second-order valence-electron chi connectivity index (χ2n) is 5.59. The third-order valence-electron chi connectivity index (χ3n) is 4.01. The summed E-state index contributed by atoms with van der Waals surface area (Å²) in [4.78, 5) is 47.0. The molecular weight excluding hydrogens is 354 g/mol. The van der Waals surface area contributed by atoms with Crippen molar-refractivity contribution in [3.63, 3.8) is 0 Å².